The lowest BCUT2D eigenvalue weighted by Gasteiger charge is -2.20. The van der Waals surface area contributed by atoms with Crippen LogP contribution in [0, 0.1) is 20.8 Å². The van der Waals surface area contributed by atoms with Crippen molar-refractivity contribution in [3.8, 4) is 0 Å². The monoisotopic (exact) mass is 283 g/mol. The van der Waals surface area contributed by atoms with Gasteiger partial charge in [0.25, 0.3) is 5.91 Å². The van der Waals surface area contributed by atoms with Crippen molar-refractivity contribution in [1.82, 2.24) is 0 Å². The van der Waals surface area contributed by atoms with E-state index in [0.717, 1.165) is 22.5 Å². The Morgan fingerprint density at radius 1 is 1.05 bits per heavy atom. The Labute approximate surface area is 125 Å². The molecule has 110 valence electrons. The number of nitrogen functional groups attached to an aromatic ring is 1. The van der Waals surface area contributed by atoms with Gasteiger partial charge in [-0.25, -0.2) is 0 Å². The Kier molecular flexibility index (Phi) is 4.29. The summed E-state index contributed by atoms with van der Waals surface area (Å²) in [7, 11) is 1.80. The minimum atomic E-state index is -0.0337. The second kappa shape index (κ2) is 5.97. The van der Waals surface area contributed by atoms with Crippen LogP contribution in [0.2, 0.25) is 0 Å². The summed E-state index contributed by atoms with van der Waals surface area (Å²) in [6.45, 7) is 5.97. The van der Waals surface area contributed by atoms with Gasteiger partial charge in [-0.1, -0.05) is 17.7 Å². The summed E-state index contributed by atoms with van der Waals surface area (Å²) >= 11 is 0. The van der Waals surface area contributed by atoms with Crippen LogP contribution in [-0.2, 0) is 0 Å². The molecule has 0 aliphatic carbocycles. The Hall–Kier alpha value is -2.33. The molecule has 0 bridgehead atoms. The van der Waals surface area contributed by atoms with Crippen molar-refractivity contribution in [3.05, 3.63) is 58.7 Å². The van der Waals surface area contributed by atoms with E-state index in [0.29, 0.717) is 5.56 Å². The van der Waals surface area contributed by atoms with Gasteiger partial charge in [-0.2, -0.15) is 0 Å². The first-order valence-corrected chi connectivity index (χ1v) is 6.86. The van der Waals surface area contributed by atoms with Gasteiger partial charge in [-0.05, 0) is 56.2 Å². The number of nitrogens with zero attached hydrogens (tertiary/aromatic N) is 1. The standard InChI is InChI=1S/C17H21N3O/c1-11-5-8-16(13(3)9-11)20(4)17(21)14-6-7-15(19-18)12(2)10-14/h5-10,19H,18H2,1-4H3. The Bertz CT molecular complexity index is 680. The Morgan fingerprint density at radius 2 is 1.76 bits per heavy atom. The normalized spacial score (nSPS) is 10.3. The molecule has 2 aromatic rings. The average molecular weight is 283 g/mol. The van der Waals surface area contributed by atoms with Crippen LogP contribution in [-0.4, -0.2) is 13.0 Å². The van der Waals surface area contributed by atoms with Gasteiger partial charge in [0, 0.05) is 18.3 Å². The molecular weight excluding hydrogens is 262 g/mol. The van der Waals surface area contributed by atoms with Crippen molar-refractivity contribution < 1.29 is 4.79 Å². The van der Waals surface area contributed by atoms with E-state index in [2.05, 4.69) is 11.5 Å². The largest absolute Gasteiger partial charge is 0.324 e. The molecular formula is C17H21N3O. The van der Waals surface area contributed by atoms with Crippen LogP contribution in [0.3, 0.4) is 0 Å². The van der Waals surface area contributed by atoms with E-state index in [1.165, 1.54) is 5.56 Å². The molecule has 0 unspecified atom stereocenters. The number of anilines is 2. The second-order valence-corrected chi connectivity index (χ2v) is 5.33. The third-order valence-electron chi connectivity index (χ3n) is 3.65. The Morgan fingerprint density at radius 3 is 2.33 bits per heavy atom. The predicted molar refractivity (Wildman–Crippen MR) is 87.6 cm³/mol. The number of benzene rings is 2. The second-order valence-electron chi connectivity index (χ2n) is 5.33. The van der Waals surface area contributed by atoms with Gasteiger partial charge >= 0.3 is 0 Å². The smallest absolute Gasteiger partial charge is 0.258 e. The quantitative estimate of drug-likeness (QED) is 0.672. The molecule has 0 aromatic heterocycles. The lowest BCUT2D eigenvalue weighted by atomic mass is 10.1. The summed E-state index contributed by atoms with van der Waals surface area (Å²) in [5.74, 6) is 5.38. The first-order chi connectivity index (χ1) is 9.93. The zero-order valence-corrected chi connectivity index (χ0v) is 12.9. The minimum absolute atomic E-state index is 0.0337. The third kappa shape index (κ3) is 3.06. The topological polar surface area (TPSA) is 58.4 Å². The molecule has 1 amide bonds. The fourth-order valence-corrected chi connectivity index (χ4v) is 2.44. The number of aryl methyl sites for hydroxylation is 3. The third-order valence-corrected chi connectivity index (χ3v) is 3.65. The number of nitrogens with two attached hydrogens (primary N) is 1. The predicted octanol–water partition coefficient (Wildman–Crippen LogP) is 3.17. The fraction of sp³-hybridized carbons (Fsp3) is 0.235. The van der Waals surface area contributed by atoms with Gasteiger partial charge in [0.2, 0.25) is 0 Å². The van der Waals surface area contributed by atoms with Gasteiger partial charge in [0.15, 0.2) is 0 Å². The molecule has 0 saturated heterocycles. The molecule has 4 nitrogen and oxygen atoms in total. The summed E-state index contributed by atoms with van der Waals surface area (Å²) < 4.78 is 0. The van der Waals surface area contributed by atoms with Crippen LogP contribution >= 0.6 is 0 Å². The van der Waals surface area contributed by atoms with Crippen LogP contribution in [0.4, 0.5) is 11.4 Å². The van der Waals surface area contributed by atoms with Crippen molar-refractivity contribution >= 4 is 17.3 Å². The number of carbonyl (C=O) groups is 1. The number of hydrogen-bond acceptors (Lipinski definition) is 3. The number of hydrazine groups is 1. The average Bonchev–Trinajstić information content (AvgIpc) is 2.45. The van der Waals surface area contributed by atoms with E-state index < -0.39 is 0 Å². The van der Waals surface area contributed by atoms with Gasteiger partial charge < -0.3 is 10.3 Å². The van der Waals surface area contributed by atoms with E-state index in [9.17, 15) is 4.79 Å². The molecule has 2 rings (SSSR count). The molecule has 0 atom stereocenters. The molecule has 2 aromatic carbocycles. The van der Waals surface area contributed by atoms with Crippen molar-refractivity contribution in [2.24, 2.45) is 5.84 Å². The summed E-state index contributed by atoms with van der Waals surface area (Å²) in [6, 6.07) is 11.5. The molecule has 0 fully saturated rings. The highest BCUT2D eigenvalue weighted by atomic mass is 16.2. The number of nitrogens with one attached hydrogen (secondary N) is 1. The number of carbonyl (C=O) groups excluding carboxylic acids is 1. The van der Waals surface area contributed by atoms with Crippen LogP contribution in [0.25, 0.3) is 0 Å². The number of rotatable bonds is 3. The summed E-state index contributed by atoms with van der Waals surface area (Å²) in [5.41, 5.74) is 8.22. The fourth-order valence-electron chi connectivity index (χ4n) is 2.44. The molecule has 0 aliphatic rings. The maximum Gasteiger partial charge on any atom is 0.258 e. The van der Waals surface area contributed by atoms with Gasteiger partial charge in [-0.3, -0.25) is 10.6 Å². The van der Waals surface area contributed by atoms with Crippen molar-refractivity contribution in [3.63, 3.8) is 0 Å². The molecule has 0 radical (unpaired) electrons. The molecule has 0 aliphatic heterocycles. The van der Waals surface area contributed by atoms with Gasteiger partial charge in [0.1, 0.15) is 0 Å². The van der Waals surface area contributed by atoms with Gasteiger partial charge in [0.05, 0.1) is 5.69 Å². The van der Waals surface area contributed by atoms with Crippen LogP contribution in [0.15, 0.2) is 36.4 Å². The number of hydrogen-bond donors (Lipinski definition) is 2. The highest BCUT2D eigenvalue weighted by molar-refractivity contribution is 6.06. The van der Waals surface area contributed by atoms with E-state index >= 15 is 0 Å². The summed E-state index contributed by atoms with van der Waals surface area (Å²) in [5, 5.41) is 0. The minimum Gasteiger partial charge on any atom is -0.324 e. The Balaban J connectivity index is 2.32. The lowest BCUT2D eigenvalue weighted by molar-refractivity contribution is 0.0993. The van der Waals surface area contributed by atoms with Crippen molar-refractivity contribution in [2.45, 2.75) is 20.8 Å². The van der Waals surface area contributed by atoms with Crippen LogP contribution in [0.1, 0.15) is 27.0 Å². The van der Waals surface area contributed by atoms with E-state index in [1.54, 1.807) is 18.0 Å². The molecule has 21 heavy (non-hydrogen) atoms. The summed E-state index contributed by atoms with van der Waals surface area (Å²) in [4.78, 5) is 14.3. The van der Waals surface area contributed by atoms with Crippen LogP contribution in [0.5, 0.6) is 0 Å². The highest BCUT2D eigenvalue weighted by Crippen LogP contribution is 2.23. The highest BCUT2D eigenvalue weighted by Gasteiger charge is 2.15. The lowest BCUT2D eigenvalue weighted by Crippen LogP contribution is -2.27. The van der Waals surface area contributed by atoms with Crippen molar-refractivity contribution in [2.75, 3.05) is 17.4 Å². The van der Waals surface area contributed by atoms with Crippen molar-refractivity contribution in [1.29, 1.82) is 0 Å². The zero-order chi connectivity index (χ0) is 15.6. The molecule has 3 N–H and O–H groups in total. The molecule has 4 heteroatoms. The molecule has 0 spiro atoms. The van der Waals surface area contributed by atoms with E-state index in [-0.39, 0.29) is 5.91 Å². The SMILES string of the molecule is Cc1ccc(N(C)C(=O)c2ccc(NN)c(C)c2)c(C)c1. The van der Waals surface area contributed by atoms with E-state index in [1.807, 2.05) is 45.0 Å². The first kappa shape index (κ1) is 15.1. The maximum absolute atomic E-state index is 12.6. The van der Waals surface area contributed by atoms with Crippen LogP contribution < -0.4 is 16.2 Å². The maximum atomic E-state index is 12.6. The summed E-state index contributed by atoms with van der Waals surface area (Å²) in [6.07, 6.45) is 0. The molecule has 0 saturated carbocycles. The van der Waals surface area contributed by atoms with E-state index in [4.69, 9.17) is 5.84 Å². The zero-order valence-electron chi connectivity index (χ0n) is 12.9. The van der Waals surface area contributed by atoms with Gasteiger partial charge in [-0.15, -0.1) is 0 Å². The first-order valence-electron chi connectivity index (χ1n) is 6.86. The molecule has 0 heterocycles. The number of amides is 1.